The number of alkyl carbamates (subject to hydrolysis) is 1. The molecule has 1 unspecified atom stereocenters. The van der Waals surface area contributed by atoms with Crippen molar-refractivity contribution in [3.63, 3.8) is 0 Å². The lowest BCUT2D eigenvalue weighted by atomic mass is 9.87. The van der Waals surface area contributed by atoms with E-state index in [0.717, 1.165) is 24.8 Å². The highest BCUT2D eigenvalue weighted by molar-refractivity contribution is 5.93. The van der Waals surface area contributed by atoms with E-state index in [1.54, 1.807) is 32.6 Å². The summed E-state index contributed by atoms with van der Waals surface area (Å²) in [6.45, 7) is 7.59. The molecule has 7 heteroatoms. The van der Waals surface area contributed by atoms with Crippen molar-refractivity contribution < 1.29 is 23.9 Å². The zero-order valence-electron chi connectivity index (χ0n) is 18.3. The first-order valence-electron chi connectivity index (χ1n) is 10.7. The Bertz CT molecular complexity index is 789. The van der Waals surface area contributed by atoms with Crippen LogP contribution in [0.1, 0.15) is 58.9 Å². The Labute approximate surface area is 178 Å². The minimum atomic E-state index is -0.935. The Balaban J connectivity index is 1.71. The van der Waals surface area contributed by atoms with Gasteiger partial charge in [-0.1, -0.05) is 36.8 Å². The second kappa shape index (κ2) is 8.66. The molecule has 1 heterocycles. The molecule has 1 aliphatic carbocycles. The highest BCUT2D eigenvalue weighted by atomic mass is 16.6. The normalized spacial score (nSPS) is 24.1. The van der Waals surface area contributed by atoms with Gasteiger partial charge in [-0.2, -0.15) is 0 Å². The molecule has 1 aromatic rings. The maximum absolute atomic E-state index is 13.2. The van der Waals surface area contributed by atoms with Gasteiger partial charge in [0.05, 0.1) is 0 Å². The van der Waals surface area contributed by atoms with Crippen LogP contribution in [0, 0.1) is 5.92 Å². The first-order chi connectivity index (χ1) is 14.1. The molecular formula is C23H32N2O5. The zero-order chi connectivity index (χ0) is 21.9. The summed E-state index contributed by atoms with van der Waals surface area (Å²) in [5, 5.41) is 2.60. The number of carbonyl (C=O) groups is 3. The smallest absolute Gasteiger partial charge is 0.408 e. The quantitative estimate of drug-likeness (QED) is 0.744. The van der Waals surface area contributed by atoms with Gasteiger partial charge in [0.2, 0.25) is 5.91 Å². The van der Waals surface area contributed by atoms with E-state index in [1.165, 1.54) is 0 Å². The summed E-state index contributed by atoms with van der Waals surface area (Å²) in [5.74, 6) is -0.524. The van der Waals surface area contributed by atoms with Crippen molar-refractivity contribution in [2.24, 2.45) is 5.92 Å². The molecule has 0 spiro atoms. The van der Waals surface area contributed by atoms with Crippen LogP contribution in [0.25, 0.3) is 0 Å². The molecule has 2 fully saturated rings. The number of nitrogens with zero attached hydrogens (tertiary/aromatic N) is 1. The number of fused-ring (bicyclic) bond motifs is 1. The molecule has 0 radical (unpaired) electrons. The van der Waals surface area contributed by atoms with Crippen LogP contribution in [0.5, 0.6) is 0 Å². The summed E-state index contributed by atoms with van der Waals surface area (Å²) in [5.41, 5.74) is -0.678. The fourth-order valence-corrected chi connectivity index (χ4v) is 4.60. The number of amides is 2. The Morgan fingerprint density at radius 3 is 2.57 bits per heavy atom. The van der Waals surface area contributed by atoms with E-state index in [1.807, 2.05) is 30.3 Å². The van der Waals surface area contributed by atoms with Gasteiger partial charge < -0.3 is 19.7 Å². The average molecular weight is 417 g/mol. The molecule has 1 aliphatic heterocycles. The number of esters is 1. The van der Waals surface area contributed by atoms with E-state index in [0.29, 0.717) is 13.0 Å². The van der Waals surface area contributed by atoms with Gasteiger partial charge in [0.1, 0.15) is 23.8 Å². The lowest BCUT2D eigenvalue weighted by molar-refractivity contribution is -0.165. The van der Waals surface area contributed by atoms with Crippen LogP contribution in [0.15, 0.2) is 30.3 Å². The molecule has 164 valence electrons. The number of nitrogens with one attached hydrogen (secondary N) is 1. The van der Waals surface area contributed by atoms with Gasteiger partial charge >= 0.3 is 12.1 Å². The first-order valence-corrected chi connectivity index (χ1v) is 10.7. The summed E-state index contributed by atoms with van der Waals surface area (Å²) in [6.07, 6.45) is 2.49. The number of benzene rings is 1. The van der Waals surface area contributed by atoms with Crippen LogP contribution in [-0.2, 0) is 25.7 Å². The Kier molecular flexibility index (Phi) is 6.38. The summed E-state index contributed by atoms with van der Waals surface area (Å²) < 4.78 is 10.9. The molecule has 2 amide bonds. The average Bonchev–Trinajstić information content (AvgIpc) is 3.24. The van der Waals surface area contributed by atoms with E-state index in [9.17, 15) is 14.4 Å². The van der Waals surface area contributed by atoms with E-state index in [-0.39, 0.29) is 24.4 Å². The summed E-state index contributed by atoms with van der Waals surface area (Å²) in [7, 11) is 0. The monoisotopic (exact) mass is 416 g/mol. The predicted molar refractivity (Wildman–Crippen MR) is 111 cm³/mol. The zero-order valence-corrected chi connectivity index (χ0v) is 18.3. The van der Waals surface area contributed by atoms with Crippen LogP contribution in [0.2, 0.25) is 0 Å². The fourth-order valence-electron chi connectivity index (χ4n) is 4.60. The van der Waals surface area contributed by atoms with Gasteiger partial charge in [0.25, 0.3) is 0 Å². The number of hydrogen-bond acceptors (Lipinski definition) is 5. The third-order valence-electron chi connectivity index (χ3n) is 5.90. The van der Waals surface area contributed by atoms with Crippen molar-refractivity contribution >= 4 is 18.0 Å². The predicted octanol–water partition coefficient (Wildman–Crippen LogP) is 3.41. The standard InChI is InChI=1S/C23H32N2O5/c1-16(24-21(28)30-22(2,3)4)19(26)25-14-12-18-11-8-13-23(18,25)20(27)29-15-17-9-6-5-7-10-17/h5-7,9-10,16,18H,8,11-15H2,1-4H3,(H,24,28)/t16?,18-,23-/m1/s1. The number of carbonyl (C=O) groups excluding carboxylic acids is 3. The maximum atomic E-state index is 13.2. The summed E-state index contributed by atoms with van der Waals surface area (Å²) in [6, 6.07) is 8.72. The van der Waals surface area contributed by atoms with Crippen molar-refractivity contribution in [1.29, 1.82) is 0 Å². The summed E-state index contributed by atoms with van der Waals surface area (Å²) >= 11 is 0. The van der Waals surface area contributed by atoms with E-state index < -0.39 is 23.3 Å². The van der Waals surface area contributed by atoms with Gasteiger partial charge in [0.15, 0.2) is 0 Å². The molecule has 3 rings (SSSR count). The minimum Gasteiger partial charge on any atom is -0.459 e. The highest BCUT2D eigenvalue weighted by Gasteiger charge is 2.59. The molecule has 0 aromatic heterocycles. The third-order valence-corrected chi connectivity index (χ3v) is 5.90. The Hall–Kier alpha value is -2.57. The van der Waals surface area contributed by atoms with Gasteiger partial charge in [-0.15, -0.1) is 0 Å². The third kappa shape index (κ3) is 4.60. The second-order valence-corrected chi connectivity index (χ2v) is 9.22. The minimum absolute atomic E-state index is 0.0958. The van der Waals surface area contributed by atoms with Crippen molar-refractivity contribution in [3.05, 3.63) is 35.9 Å². The second-order valence-electron chi connectivity index (χ2n) is 9.22. The molecule has 1 N–H and O–H groups in total. The van der Waals surface area contributed by atoms with Crippen LogP contribution in [0.3, 0.4) is 0 Å². The van der Waals surface area contributed by atoms with E-state index in [2.05, 4.69) is 5.32 Å². The molecule has 3 atom stereocenters. The Morgan fingerprint density at radius 2 is 1.90 bits per heavy atom. The topological polar surface area (TPSA) is 84.9 Å². The highest BCUT2D eigenvalue weighted by Crippen LogP contribution is 2.48. The van der Waals surface area contributed by atoms with E-state index in [4.69, 9.17) is 9.47 Å². The molecule has 30 heavy (non-hydrogen) atoms. The van der Waals surface area contributed by atoms with Crippen molar-refractivity contribution in [2.45, 2.75) is 77.2 Å². The number of hydrogen-bond donors (Lipinski definition) is 1. The molecule has 1 saturated heterocycles. The van der Waals surface area contributed by atoms with Crippen LogP contribution >= 0.6 is 0 Å². The molecule has 0 bridgehead atoms. The van der Waals surface area contributed by atoms with E-state index >= 15 is 0 Å². The molecule has 7 nitrogen and oxygen atoms in total. The van der Waals surface area contributed by atoms with Crippen LogP contribution in [-0.4, -0.2) is 46.6 Å². The van der Waals surface area contributed by atoms with Crippen LogP contribution < -0.4 is 5.32 Å². The van der Waals surface area contributed by atoms with Crippen molar-refractivity contribution in [1.82, 2.24) is 10.2 Å². The first kappa shape index (κ1) is 22.1. The largest absolute Gasteiger partial charge is 0.459 e. The molecule has 1 saturated carbocycles. The van der Waals surface area contributed by atoms with Gasteiger partial charge in [-0.25, -0.2) is 9.59 Å². The molecule has 2 aliphatic rings. The van der Waals surface area contributed by atoms with Gasteiger partial charge in [-0.05, 0) is 58.4 Å². The SMILES string of the molecule is CC(NC(=O)OC(C)(C)C)C(=O)N1CC[C@H]2CCC[C@]21C(=O)OCc1ccccc1. The van der Waals surface area contributed by atoms with Gasteiger partial charge in [0, 0.05) is 6.54 Å². The van der Waals surface area contributed by atoms with Gasteiger partial charge in [-0.3, -0.25) is 4.79 Å². The lowest BCUT2D eigenvalue weighted by Crippen LogP contribution is -2.59. The molecular weight excluding hydrogens is 384 g/mol. The number of likely N-dealkylation sites (tertiary alicyclic amines) is 1. The maximum Gasteiger partial charge on any atom is 0.408 e. The van der Waals surface area contributed by atoms with Crippen LogP contribution in [0.4, 0.5) is 4.79 Å². The number of rotatable bonds is 5. The number of ether oxygens (including phenoxy) is 2. The van der Waals surface area contributed by atoms with Crippen molar-refractivity contribution in [2.75, 3.05) is 6.54 Å². The molecule has 1 aromatic carbocycles. The Morgan fingerprint density at radius 1 is 1.20 bits per heavy atom. The van der Waals surface area contributed by atoms with Crippen molar-refractivity contribution in [3.8, 4) is 0 Å². The lowest BCUT2D eigenvalue weighted by Gasteiger charge is -2.37. The summed E-state index contributed by atoms with van der Waals surface area (Å²) in [4.78, 5) is 40.2. The fraction of sp³-hybridized carbons (Fsp3) is 0.609.